The molecule has 0 aromatic carbocycles. The molecule has 0 N–H and O–H groups in total. The van der Waals surface area contributed by atoms with Crippen LogP contribution in [-0.2, 0) is 0 Å². The highest BCUT2D eigenvalue weighted by Gasteiger charge is 2.81. The maximum Gasteiger partial charge on any atom is 0.460 e. The van der Waals surface area contributed by atoms with E-state index in [1.807, 2.05) is 6.92 Å². The summed E-state index contributed by atoms with van der Waals surface area (Å²) in [5.41, 5.74) is 0. The van der Waals surface area contributed by atoms with Crippen LogP contribution in [0.25, 0.3) is 0 Å². The van der Waals surface area contributed by atoms with Gasteiger partial charge in [0.2, 0.25) is 0 Å². The summed E-state index contributed by atoms with van der Waals surface area (Å²) in [6, 6.07) is 0. The van der Waals surface area contributed by atoms with Gasteiger partial charge in [-0.15, -0.1) is 11.6 Å². The van der Waals surface area contributed by atoms with Crippen molar-refractivity contribution in [3.05, 3.63) is 0 Å². The van der Waals surface area contributed by atoms with Crippen LogP contribution in [0.15, 0.2) is 0 Å². The monoisotopic (exact) mass is 450 g/mol. The van der Waals surface area contributed by atoms with E-state index in [1.54, 1.807) is 0 Å². The third-order valence-corrected chi connectivity index (χ3v) is 5.20. The lowest BCUT2D eigenvalue weighted by molar-refractivity contribution is -0.397. The lowest BCUT2D eigenvalue weighted by Crippen LogP contribution is -2.60. The first-order valence-corrected chi connectivity index (χ1v) is 9.68. The van der Waals surface area contributed by atoms with Crippen molar-refractivity contribution >= 4 is 11.6 Å². The third kappa shape index (κ3) is 7.17. The first-order valence-electron chi connectivity index (χ1n) is 9.31. The van der Waals surface area contributed by atoms with E-state index < -0.39 is 47.6 Å². The smallest absolute Gasteiger partial charge is 0.200 e. The molecule has 0 rings (SSSR count). The molecule has 0 radical (unpaired) electrons. The molecule has 1 unspecified atom stereocenters. The van der Waals surface area contributed by atoms with Crippen molar-refractivity contribution < 1.29 is 39.5 Å². The van der Waals surface area contributed by atoms with E-state index in [2.05, 4.69) is 0 Å². The van der Waals surface area contributed by atoms with Gasteiger partial charge in [0.25, 0.3) is 0 Å². The number of hydrogen-bond donors (Lipinski definition) is 0. The van der Waals surface area contributed by atoms with Crippen LogP contribution in [-0.4, -0.2) is 28.8 Å². The van der Waals surface area contributed by atoms with Crippen LogP contribution < -0.4 is 0 Å². The minimum Gasteiger partial charge on any atom is -0.200 e. The van der Waals surface area contributed by atoms with Gasteiger partial charge in [-0.1, -0.05) is 45.4 Å². The van der Waals surface area contributed by atoms with Crippen LogP contribution >= 0.6 is 11.6 Å². The van der Waals surface area contributed by atoms with Gasteiger partial charge in [0.05, 0.1) is 0 Å². The van der Waals surface area contributed by atoms with E-state index in [1.165, 1.54) is 13.8 Å². The summed E-state index contributed by atoms with van der Waals surface area (Å²) in [4.78, 5) is -1.10. The average molecular weight is 451 g/mol. The summed E-state index contributed by atoms with van der Waals surface area (Å²) in [5.74, 6) is -19.7. The molecule has 170 valence electrons. The highest BCUT2D eigenvalue weighted by molar-refractivity contribution is 6.23. The number of alkyl halides is 10. The van der Waals surface area contributed by atoms with Gasteiger partial charge in [0.15, 0.2) is 0 Å². The lowest BCUT2D eigenvalue weighted by Gasteiger charge is -2.35. The Bertz CT molecular complexity index is 453. The average Bonchev–Trinajstić information content (AvgIpc) is 2.50. The first-order chi connectivity index (χ1) is 12.4. The van der Waals surface area contributed by atoms with E-state index in [9.17, 15) is 39.5 Å². The minimum absolute atomic E-state index is 0.292. The SMILES string of the molecule is CCCCCCCCC(CCC(F)(F)C(F)(F)C(F)(F)C(F)(F)F)C(C)(C)Cl. The summed E-state index contributed by atoms with van der Waals surface area (Å²) in [5, 5.41) is 0. The highest BCUT2D eigenvalue weighted by atomic mass is 35.5. The van der Waals surface area contributed by atoms with Crippen LogP contribution in [0, 0.1) is 5.92 Å². The number of hydrogen-bond acceptors (Lipinski definition) is 0. The van der Waals surface area contributed by atoms with Gasteiger partial charge in [0.1, 0.15) is 0 Å². The van der Waals surface area contributed by atoms with Gasteiger partial charge in [-0.2, -0.15) is 39.5 Å². The number of rotatable bonds is 13. The first kappa shape index (κ1) is 27.7. The third-order valence-electron chi connectivity index (χ3n) is 4.89. The van der Waals surface area contributed by atoms with Crippen LogP contribution in [0.3, 0.4) is 0 Å². The van der Waals surface area contributed by atoms with Crippen molar-refractivity contribution in [2.75, 3.05) is 0 Å². The fourth-order valence-electron chi connectivity index (χ4n) is 2.92. The Hall–Kier alpha value is -0.340. The largest absolute Gasteiger partial charge is 0.460 e. The standard InChI is InChI=1S/C18H28ClF9/c1-4-5-6-7-8-9-10-13(14(2,3)19)11-12-15(20,21)16(22,23)17(24,25)18(26,27)28/h13H,4-12H2,1-3H3. The zero-order valence-electron chi connectivity index (χ0n) is 16.2. The second kappa shape index (κ2) is 10.1. The van der Waals surface area contributed by atoms with Crippen LogP contribution in [0.1, 0.15) is 78.6 Å². The zero-order valence-corrected chi connectivity index (χ0v) is 17.0. The van der Waals surface area contributed by atoms with Crippen LogP contribution in [0.5, 0.6) is 0 Å². The summed E-state index contributed by atoms with van der Waals surface area (Å²) in [6.07, 6.45) is -3.71. The summed E-state index contributed by atoms with van der Waals surface area (Å²) in [6.45, 7) is 4.97. The molecule has 28 heavy (non-hydrogen) atoms. The molecule has 1 atom stereocenters. The molecule has 0 aromatic heterocycles. The summed E-state index contributed by atoms with van der Waals surface area (Å²) < 4.78 is 117. The van der Waals surface area contributed by atoms with E-state index in [-0.39, 0.29) is 0 Å². The predicted octanol–water partition coefficient (Wildman–Crippen LogP) is 8.62. The molecule has 0 aliphatic rings. The van der Waals surface area contributed by atoms with E-state index in [0.29, 0.717) is 12.8 Å². The molecule has 0 aliphatic heterocycles. The molecule has 0 fully saturated rings. The van der Waals surface area contributed by atoms with Crippen molar-refractivity contribution in [1.29, 1.82) is 0 Å². The zero-order chi connectivity index (χ0) is 22.4. The maximum atomic E-state index is 13.7. The highest BCUT2D eigenvalue weighted by Crippen LogP contribution is 2.54. The lowest BCUT2D eigenvalue weighted by atomic mass is 9.83. The molecule has 0 saturated heterocycles. The van der Waals surface area contributed by atoms with Gasteiger partial charge in [-0.3, -0.25) is 0 Å². The quantitative estimate of drug-likeness (QED) is 0.150. The van der Waals surface area contributed by atoms with Crippen molar-refractivity contribution in [3.8, 4) is 0 Å². The second-order valence-electron chi connectivity index (χ2n) is 7.71. The Balaban J connectivity index is 5.03. The van der Waals surface area contributed by atoms with Gasteiger partial charge >= 0.3 is 23.9 Å². The molecular formula is C18H28ClF9. The minimum atomic E-state index is -6.84. The van der Waals surface area contributed by atoms with Gasteiger partial charge in [-0.25, -0.2) is 0 Å². The van der Waals surface area contributed by atoms with Crippen molar-refractivity contribution in [3.63, 3.8) is 0 Å². The van der Waals surface area contributed by atoms with Crippen molar-refractivity contribution in [1.82, 2.24) is 0 Å². The molecule has 0 nitrogen and oxygen atoms in total. The fraction of sp³-hybridized carbons (Fsp3) is 1.00. The number of unbranched alkanes of at least 4 members (excludes halogenated alkanes) is 5. The van der Waals surface area contributed by atoms with Gasteiger partial charge < -0.3 is 0 Å². The molecule has 10 heteroatoms. The van der Waals surface area contributed by atoms with Crippen LogP contribution in [0.2, 0.25) is 0 Å². The van der Waals surface area contributed by atoms with Gasteiger partial charge in [-0.05, 0) is 32.6 Å². The molecule has 0 aromatic rings. The van der Waals surface area contributed by atoms with E-state index in [0.717, 1.165) is 32.1 Å². The Morgan fingerprint density at radius 1 is 0.679 bits per heavy atom. The Kier molecular flexibility index (Phi) is 9.99. The molecular weight excluding hydrogens is 423 g/mol. The number of halogens is 10. The topological polar surface area (TPSA) is 0 Å². The van der Waals surface area contributed by atoms with Crippen molar-refractivity contribution in [2.45, 2.75) is 107 Å². The molecule has 0 heterocycles. The Morgan fingerprint density at radius 3 is 1.57 bits per heavy atom. The summed E-state index contributed by atoms with van der Waals surface area (Å²) >= 11 is 6.11. The Morgan fingerprint density at radius 2 is 1.14 bits per heavy atom. The molecule has 0 saturated carbocycles. The molecule has 0 aliphatic carbocycles. The predicted molar refractivity (Wildman–Crippen MR) is 91.5 cm³/mol. The molecule has 0 bridgehead atoms. The normalized spacial score (nSPS) is 15.8. The second-order valence-corrected chi connectivity index (χ2v) is 8.68. The Labute approximate surface area is 165 Å². The van der Waals surface area contributed by atoms with Crippen molar-refractivity contribution in [2.24, 2.45) is 5.92 Å². The van der Waals surface area contributed by atoms with E-state index in [4.69, 9.17) is 11.6 Å². The summed E-state index contributed by atoms with van der Waals surface area (Å²) in [7, 11) is 0. The molecule has 0 spiro atoms. The maximum absolute atomic E-state index is 13.7. The fourth-order valence-corrected chi connectivity index (χ4v) is 3.14. The van der Waals surface area contributed by atoms with E-state index >= 15 is 0 Å². The molecule has 0 amide bonds. The van der Waals surface area contributed by atoms with Crippen LogP contribution in [0.4, 0.5) is 39.5 Å². The van der Waals surface area contributed by atoms with Gasteiger partial charge in [0, 0.05) is 11.3 Å².